The lowest BCUT2D eigenvalue weighted by Gasteiger charge is -2.36. The van der Waals surface area contributed by atoms with Gasteiger partial charge in [-0.2, -0.15) is 0 Å². The van der Waals surface area contributed by atoms with E-state index in [1.54, 1.807) is 36.5 Å². The molecule has 3 heterocycles. The molecular weight excluding hydrogens is 571 g/mol. The number of nitrogens with zero attached hydrogens (tertiary/aromatic N) is 4. The van der Waals surface area contributed by atoms with Gasteiger partial charge in [-0.05, 0) is 60.7 Å². The van der Waals surface area contributed by atoms with Crippen LogP contribution in [-0.2, 0) is 11.2 Å². The fourth-order valence-corrected chi connectivity index (χ4v) is 5.35. The lowest BCUT2D eigenvalue weighted by molar-refractivity contribution is -0.115. The van der Waals surface area contributed by atoms with Crippen molar-refractivity contribution in [2.24, 2.45) is 0 Å². The molecule has 0 aliphatic carbocycles. The fourth-order valence-electron chi connectivity index (χ4n) is 4.88. The van der Waals surface area contributed by atoms with Gasteiger partial charge in [0.05, 0.1) is 27.8 Å². The largest absolute Gasteiger partial charge is 0.368 e. The van der Waals surface area contributed by atoms with E-state index in [0.717, 1.165) is 22.5 Å². The van der Waals surface area contributed by atoms with Gasteiger partial charge in [-0.3, -0.25) is 9.59 Å². The van der Waals surface area contributed by atoms with Gasteiger partial charge in [0, 0.05) is 65.5 Å². The van der Waals surface area contributed by atoms with Gasteiger partial charge in [-0.15, -0.1) is 0 Å². The van der Waals surface area contributed by atoms with Crippen LogP contribution in [0, 0.1) is 0 Å². The molecule has 8 nitrogen and oxygen atoms in total. The van der Waals surface area contributed by atoms with Crippen molar-refractivity contribution >= 4 is 69.6 Å². The molecule has 0 radical (unpaired) electrons. The SMILES string of the molecule is O=C1Cc2cnc(Nc3ccc(C(=O)N4CCN(c5ccc(Cl)c(Cl)c5)CC4)cc3)nc2-c2ccc(Cl)cc2N1. The van der Waals surface area contributed by atoms with Crippen LogP contribution in [0.4, 0.5) is 23.0 Å². The van der Waals surface area contributed by atoms with Crippen LogP contribution in [0.3, 0.4) is 0 Å². The number of hydrogen-bond acceptors (Lipinski definition) is 6. The third kappa shape index (κ3) is 5.43. The van der Waals surface area contributed by atoms with Gasteiger partial charge >= 0.3 is 0 Å². The second-order valence-corrected chi connectivity index (χ2v) is 10.8. The predicted molar refractivity (Wildman–Crippen MR) is 159 cm³/mol. The minimum atomic E-state index is -0.150. The molecule has 1 saturated heterocycles. The first-order chi connectivity index (χ1) is 19.3. The smallest absolute Gasteiger partial charge is 0.253 e. The first kappa shape index (κ1) is 26.4. The summed E-state index contributed by atoms with van der Waals surface area (Å²) >= 11 is 18.3. The van der Waals surface area contributed by atoms with Crippen molar-refractivity contribution in [3.05, 3.63) is 93.1 Å². The monoisotopic (exact) mass is 592 g/mol. The maximum absolute atomic E-state index is 13.2. The minimum absolute atomic E-state index is 0.0194. The molecule has 0 saturated carbocycles. The highest BCUT2D eigenvalue weighted by atomic mass is 35.5. The molecule has 0 bridgehead atoms. The van der Waals surface area contributed by atoms with Crippen molar-refractivity contribution in [2.75, 3.05) is 41.7 Å². The third-order valence-corrected chi connectivity index (χ3v) is 7.92. The third-order valence-electron chi connectivity index (χ3n) is 6.95. The van der Waals surface area contributed by atoms with Crippen molar-refractivity contribution in [3.8, 4) is 11.3 Å². The summed E-state index contributed by atoms with van der Waals surface area (Å²) in [4.78, 5) is 38.6. The highest BCUT2D eigenvalue weighted by molar-refractivity contribution is 6.42. The zero-order chi connectivity index (χ0) is 27.8. The zero-order valence-corrected chi connectivity index (χ0v) is 23.4. The molecule has 0 atom stereocenters. The Kier molecular flexibility index (Phi) is 7.23. The van der Waals surface area contributed by atoms with Crippen molar-refractivity contribution in [1.29, 1.82) is 0 Å². The standard InChI is InChI=1S/C29H23Cl3N6O2/c30-19-3-7-22-25(14-19)35-26(39)13-18-16-33-29(36-27(18)22)34-20-4-1-17(2-5-20)28(40)38-11-9-37(10-12-38)21-6-8-23(31)24(32)15-21/h1-8,14-16H,9-13H2,(H,35,39)(H,33,34,36). The first-order valence-electron chi connectivity index (χ1n) is 12.7. The van der Waals surface area contributed by atoms with Crippen LogP contribution in [0.2, 0.25) is 15.1 Å². The number of amides is 2. The fraction of sp³-hybridized carbons (Fsp3) is 0.172. The number of benzene rings is 3. The van der Waals surface area contributed by atoms with Crippen LogP contribution in [0.15, 0.2) is 66.9 Å². The van der Waals surface area contributed by atoms with E-state index < -0.39 is 0 Å². The summed E-state index contributed by atoms with van der Waals surface area (Å²) in [7, 11) is 0. The number of halogens is 3. The second kappa shape index (κ2) is 11.0. The molecule has 0 unspecified atom stereocenters. The number of aromatic nitrogens is 2. The van der Waals surface area contributed by atoms with Crippen LogP contribution in [0.1, 0.15) is 15.9 Å². The van der Waals surface area contributed by atoms with E-state index in [1.807, 2.05) is 35.2 Å². The quantitative estimate of drug-likeness (QED) is 0.288. The summed E-state index contributed by atoms with van der Waals surface area (Å²) in [6.45, 7) is 2.61. The molecule has 202 valence electrons. The molecule has 11 heteroatoms. The topological polar surface area (TPSA) is 90.5 Å². The molecule has 1 fully saturated rings. The van der Waals surface area contributed by atoms with Crippen LogP contribution in [0.25, 0.3) is 11.3 Å². The number of rotatable bonds is 4. The Morgan fingerprint density at radius 3 is 2.42 bits per heavy atom. The Morgan fingerprint density at radius 2 is 1.68 bits per heavy atom. The molecular formula is C29H23Cl3N6O2. The van der Waals surface area contributed by atoms with Crippen molar-refractivity contribution in [2.45, 2.75) is 6.42 Å². The van der Waals surface area contributed by atoms with E-state index in [9.17, 15) is 9.59 Å². The Balaban J connectivity index is 1.13. The molecule has 2 N–H and O–H groups in total. The van der Waals surface area contributed by atoms with Gasteiger partial charge in [0.15, 0.2) is 0 Å². The second-order valence-electron chi connectivity index (χ2n) is 9.56. The van der Waals surface area contributed by atoms with Crippen molar-refractivity contribution < 1.29 is 9.59 Å². The van der Waals surface area contributed by atoms with Crippen LogP contribution in [0.5, 0.6) is 0 Å². The van der Waals surface area contributed by atoms with E-state index in [4.69, 9.17) is 39.8 Å². The molecule has 1 aromatic heterocycles. The summed E-state index contributed by atoms with van der Waals surface area (Å²) in [6, 6.07) is 18.1. The van der Waals surface area contributed by atoms with Crippen LogP contribution < -0.4 is 15.5 Å². The number of hydrogen-bond donors (Lipinski definition) is 2. The maximum Gasteiger partial charge on any atom is 0.253 e. The number of fused-ring (bicyclic) bond motifs is 3. The molecule has 40 heavy (non-hydrogen) atoms. The Morgan fingerprint density at radius 1 is 0.900 bits per heavy atom. The maximum atomic E-state index is 13.2. The normalized spacial score (nSPS) is 14.6. The Hall–Kier alpha value is -3.85. The Bertz CT molecular complexity index is 1620. The number of carbonyl (C=O) groups is 2. The predicted octanol–water partition coefficient (Wildman–Crippen LogP) is 6.30. The van der Waals surface area contributed by atoms with E-state index in [2.05, 4.69) is 20.5 Å². The number of carbonyl (C=O) groups excluding carboxylic acids is 2. The summed E-state index contributed by atoms with van der Waals surface area (Å²) < 4.78 is 0. The van der Waals surface area contributed by atoms with Crippen LogP contribution >= 0.6 is 34.8 Å². The van der Waals surface area contributed by atoms with Crippen LogP contribution in [-0.4, -0.2) is 52.9 Å². The van der Waals surface area contributed by atoms with Crippen molar-refractivity contribution in [3.63, 3.8) is 0 Å². The summed E-state index contributed by atoms with van der Waals surface area (Å²) in [6.07, 6.45) is 1.82. The van der Waals surface area contributed by atoms with E-state index >= 15 is 0 Å². The molecule has 4 aromatic rings. The molecule has 0 spiro atoms. The molecule has 2 aliphatic rings. The lowest BCUT2D eigenvalue weighted by atomic mass is 10.1. The van der Waals surface area contributed by atoms with Gasteiger partial charge in [0.25, 0.3) is 5.91 Å². The van der Waals surface area contributed by atoms with Gasteiger partial charge in [-0.25, -0.2) is 9.97 Å². The lowest BCUT2D eigenvalue weighted by Crippen LogP contribution is -2.48. The minimum Gasteiger partial charge on any atom is -0.368 e. The van der Waals surface area contributed by atoms with E-state index in [0.29, 0.717) is 64.1 Å². The van der Waals surface area contributed by atoms with Gasteiger partial charge in [0.2, 0.25) is 11.9 Å². The van der Waals surface area contributed by atoms with E-state index in [1.165, 1.54) is 0 Å². The number of piperazine rings is 1. The highest BCUT2D eigenvalue weighted by Gasteiger charge is 2.24. The first-order valence-corrected chi connectivity index (χ1v) is 13.8. The van der Waals surface area contributed by atoms with Gasteiger partial charge in [-0.1, -0.05) is 34.8 Å². The summed E-state index contributed by atoms with van der Waals surface area (Å²) in [5.41, 5.74) is 5.11. The van der Waals surface area contributed by atoms with E-state index in [-0.39, 0.29) is 18.2 Å². The molecule has 2 amide bonds. The molecule has 2 aliphatic heterocycles. The van der Waals surface area contributed by atoms with Crippen molar-refractivity contribution in [1.82, 2.24) is 14.9 Å². The number of nitrogens with one attached hydrogen (secondary N) is 2. The molecule has 3 aromatic carbocycles. The highest BCUT2D eigenvalue weighted by Crippen LogP contribution is 2.35. The van der Waals surface area contributed by atoms with Gasteiger partial charge < -0.3 is 20.4 Å². The number of anilines is 4. The zero-order valence-electron chi connectivity index (χ0n) is 21.1. The average Bonchev–Trinajstić information content (AvgIpc) is 3.09. The van der Waals surface area contributed by atoms with Gasteiger partial charge in [0.1, 0.15) is 0 Å². The summed E-state index contributed by atoms with van der Waals surface area (Å²) in [5, 5.41) is 7.65. The summed E-state index contributed by atoms with van der Waals surface area (Å²) in [5.74, 6) is 0.211. The Labute approximate surface area is 245 Å². The average molecular weight is 594 g/mol. The molecule has 6 rings (SSSR count).